The molecule has 26 nitrogen and oxygen atoms in total. The average Bonchev–Trinajstić information content (AvgIpc) is 1.58. The highest BCUT2D eigenvalue weighted by Gasteiger charge is 2.54. The fourth-order valence-corrected chi connectivity index (χ4v) is 17.5. The third kappa shape index (κ3) is 23.1. The maximum Gasteiger partial charge on any atom is 0.495 e. The van der Waals surface area contributed by atoms with Crippen molar-refractivity contribution in [3.63, 3.8) is 0 Å². The largest absolute Gasteiger partial charge is 0.495 e. The summed E-state index contributed by atoms with van der Waals surface area (Å²) in [7, 11) is 8.08. The van der Waals surface area contributed by atoms with Gasteiger partial charge in [-0.25, -0.2) is 28.7 Å². The van der Waals surface area contributed by atoms with Gasteiger partial charge in [-0.1, -0.05) is 48.0 Å². The molecule has 0 unspecified atom stereocenters. The summed E-state index contributed by atoms with van der Waals surface area (Å²) < 4.78 is 110. The van der Waals surface area contributed by atoms with Gasteiger partial charge in [0.25, 0.3) is 0 Å². The predicted molar refractivity (Wildman–Crippen MR) is 531 cm³/mol. The molecular weight excluding hydrogens is 1870 g/mol. The number of methoxy groups -OCH3 is 6. The van der Waals surface area contributed by atoms with Gasteiger partial charge in [-0.3, -0.25) is 9.59 Å². The first-order chi connectivity index (χ1) is 64.6. The van der Waals surface area contributed by atoms with Gasteiger partial charge in [-0.05, 0) is 322 Å². The first kappa shape index (κ1) is 101. The van der Waals surface area contributed by atoms with E-state index >= 15 is 8.78 Å². The summed E-state index contributed by atoms with van der Waals surface area (Å²) in [6.45, 7) is 33.5. The number of carbonyl (C=O) groups excluding carboxylic acids is 2. The number of benzene rings is 8. The maximum absolute atomic E-state index is 15.3. The van der Waals surface area contributed by atoms with Crippen LogP contribution in [0.5, 0.6) is 47.0 Å². The number of anilines is 2. The molecule has 0 bridgehead atoms. The quantitative estimate of drug-likeness (QED) is 0.0265. The summed E-state index contributed by atoms with van der Waals surface area (Å²) in [5.74, 6) is 1.43. The zero-order chi connectivity index (χ0) is 98.2. The highest BCUT2D eigenvalue weighted by atomic mass is 127. The number of hydrogen-bond acceptors (Lipinski definition) is 26. The van der Waals surface area contributed by atoms with Crippen LogP contribution in [0.4, 0.5) is 20.2 Å². The van der Waals surface area contributed by atoms with Crippen molar-refractivity contribution in [2.24, 2.45) is 0 Å². The fraction of sp³-hybridized carbons (Fsp3) is 0.365. The molecule has 712 valence electrons. The number of aromatic nitrogens is 8. The van der Waals surface area contributed by atoms with Crippen LogP contribution in [0.15, 0.2) is 158 Å². The van der Waals surface area contributed by atoms with Gasteiger partial charge >= 0.3 is 50.2 Å². The van der Waals surface area contributed by atoms with E-state index in [4.69, 9.17) is 84.3 Å². The molecule has 4 aromatic heterocycles. The molecule has 2 saturated heterocycles. The van der Waals surface area contributed by atoms with Crippen LogP contribution in [0.2, 0.25) is 5.15 Å². The molecule has 8 heterocycles. The number of nitrogen functional groups attached to an aromatic ring is 2. The summed E-state index contributed by atoms with van der Waals surface area (Å²) in [5.41, 5.74) is 35.5. The Kier molecular flexibility index (Phi) is 32.1. The molecule has 4 atom stereocenters. The molecule has 8 aromatic carbocycles. The van der Waals surface area contributed by atoms with Crippen LogP contribution < -0.4 is 60.3 Å². The van der Waals surface area contributed by atoms with Gasteiger partial charge in [-0.15, -0.1) is 0 Å². The van der Waals surface area contributed by atoms with Gasteiger partial charge in [-0.2, -0.15) is 19.9 Å². The molecule has 4 N–H and O–H groups in total. The van der Waals surface area contributed by atoms with E-state index in [-0.39, 0.29) is 66.6 Å². The van der Waals surface area contributed by atoms with Crippen LogP contribution >= 0.6 is 34.2 Å². The number of halogens is 4. The summed E-state index contributed by atoms with van der Waals surface area (Å²) in [4.78, 5) is 56.1. The second kappa shape index (κ2) is 43.1. The summed E-state index contributed by atoms with van der Waals surface area (Å²) in [6.07, 6.45) is 9.04. The molecule has 32 heteroatoms. The van der Waals surface area contributed by atoms with E-state index in [1.807, 2.05) is 140 Å². The van der Waals surface area contributed by atoms with Crippen molar-refractivity contribution >= 4 is 82.7 Å². The van der Waals surface area contributed by atoms with Gasteiger partial charge in [0.05, 0.1) is 108 Å². The number of nitrogens with zero attached hydrogens (tertiary/aromatic N) is 8. The number of rotatable bonds is 18. The van der Waals surface area contributed by atoms with Crippen LogP contribution in [0.1, 0.15) is 183 Å². The Balaban J connectivity index is 0.000000147. The Morgan fingerprint density at radius 1 is 0.449 bits per heavy atom. The minimum absolute atomic E-state index is 0.0383. The van der Waals surface area contributed by atoms with Crippen LogP contribution in [0.25, 0.3) is 44.9 Å². The van der Waals surface area contributed by atoms with E-state index in [2.05, 4.69) is 147 Å². The fourth-order valence-electron chi connectivity index (χ4n) is 17.0. The van der Waals surface area contributed by atoms with Crippen molar-refractivity contribution in [2.45, 2.75) is 196 Å². The van der Waals surface area contributed by atoms with E-state index in [1.165, 1.54) is 48.3 Å². The van der Waals surface area contributed by atoms with Crippen LogP contribution in [0, 0.1) is 70.6 Å². The van der Waals surface area contributed by atoms with Gasteiger partial charge in [0.2, 0.25) is 0 Å². The summed E-state index contributed by atoms with van der Waals surface area (Å²) in [6, 6.07) is 43.1. The monoisotopic (exact) mass is 1980 g/mol. The first-order valence-corrected chi connectivity index (χ1v) is 46.2. The van der Waals surface area contributed by atoms with Crippen LogP contribution in [-0.4, -0.2) is 144 Å². The van der Waals surface area contributed by atoms with Crippen molar-refractivity contribution in [1.82, 2.24) is 39.9 Å². The van der Waals surface area contributed by atoms with Gasteiger partial charge in [0, 0.05) is 103 Å². The SMILES string of the molecule is COC(=O)C[C@@H]1COc2cc(O[C@@H]3CCc4c(-c5c(C)cc(-c6ccnc(OC)n6)cc5C)ccc(F)c43)ccc21.COC(=O)C[C@@H]1COc2cc(O[C@@H]3CCc4c(B5OC(C)(C)C(C)(C)O5)ccc(F)c43)ccc21.COc1nccc(-c2cc(C)c(I)c(C)c2)n1.COc1nccc(-c2cc(C)c(N)c(C)c2)n1.COc1nccc(Cl)n1.Cc1cc(B2OC(C)(C)C(C)(C)O2)cc(C)c1N. The number of nitrogens with two attached hydrogens (primary N) is 2. The molecule has 136 heavy (non-hydrogen) atoms. The number of esters is 2. The second-order valence-corrected chi connectivity index (χ2v) is 37.6. The third-order valence-corrected chi connectivity index (χ3v) is 27.7. The molecule has 0 amide bonds. The summed E-state index contributed by atoms with van der Waals surface area (Å²) >= 11 is 7.85. The van der Waals surface area contributed by atoms with Crippen molar-refractivity contribution in [1.29, 1.82) is 0 Å². The van der Waals surface area contributed by atoms with Crippen molar-refractivity contribution in [3.05, 3.63) is 256 Å². The minimum atomic E-state index is -0.543. The van der Waals surface area contributed by atoms with Crippen molar-refractivity contribution in [2.75, 3.05) is 67.3 Å². The Morgan fingerprint density at radius 3 is 1.21 bits per heavy atom. The molecule has 2 fully saturated rings. The van der Waals surface area contributed by atoms with E-state index < -0.39 is 30.5 Å². The normalized spacial score (nSPS) is 17.1. The standard InChI is InChI=1S/C33H31FN2O5.C26H30BFO6.C14H22BNO2.C13H13IN2O.C13H15N3O.C5H5ClN2O/c1-18-13-20(27-11-12-35-33(36-27)39-4)14-19(2)31(18)24-7-9-26(34)32-25(24)8-10-28(32)41-22-5-6-23-21(15-30(37)38-3)17-40-29(23)16-22;1-25(2)26(3,4)34-27(33-25)19-9-10-20(28)24-18(19)8-11-21(24)32-16-6-7-17-15(12-23(29)30-5)14-31-22(17)13-16;1-9-7-11(8-10(2)12(9)16)15-17-13(3,4)14(5,6)18-15;2*1-8-6-10(7-9(2)12(8)14)11-4-5-15-13(16-11)17-3;1-9-5-7-3-2-4(6)8-5/h5-7,9,11-14,16,21,28H,8,10,15,17H2,1-4H3;6-7,9-10,13,15,21H,8,11-12,14H2,1-5H3;7-8H,16H2,1-6H3;4-7H,1-3H3;4-7H,14H2,1-3H3;2-3H,1H3/t21-,28-;15-,21-;;;;/m11..../s1. The maximum atomic E-state index is 15.3. The lowest BCUT2D eigenvalue weighted by Crippen LogP contribution is -2.41. The van der Waals surface area contributed by atoms with Gasteiger partial charge < -0.3 is 77.5 Å². The Morgan fingerprint density at radius 2 is 0.809 bits per heavy atom. The second-order valence-electron chi connectivity index (χ2n) is 36.1. The smallest absolute Gasteiger partial charge is 0.492 e. The number of ether oxygens (including phenoxy) is 10. The number of aryl methyl sites for hydroxylation is 8. The predicted octanol–water partition coefficient (Wildman–Crippen LogP) is 20.0. The van der Waals surface area contributed by atoms with E-state index in [0.717, 1.165) is 123 Å². The van der Waals surface area contributed by atoms with Crippen LogP contribution in [0.3, 0.4) is 0 Å². The first-order valence-electron chi connectivity index (χ1n) is 44.8. The third-order valence-electron chi connectivity index (χ3n) is 25.8. The zero-order valence-electron chi connectivity index (χ0n) is 80.9. The number of hydrogen-bond donors (Lipinski definition) is 2. The van der Waals surface area contributed by atoms with E-state index in [0.29, 0.717) is 102 Å². The lowest BCUT2D eigenvalue weighted by Gasteiger charge is -2.32. The van der Waals surface area contributed by atoms with Gasteiger partial charge in [0.1, 0.15) is 52.0 Å². The lowest BCUT2D eigenvalue weighted by atomic mass is 9.75. The van der Waals surface area contributed by atoms with Crippen molar-refractivity contribution < 1.29 is 84.4 Å². The molecule has 0 radical (unpaired) electrons. The molecule has 0 saturated carbocycles. The van der Waals surface area contributed by atoms with Gasteiger partial charge in [0.15, 0.2) is 0 Å². The Labute approximate surface area is 813 Å². The molecule has 0 spiro atoms. The molecule has 4 aliphatic heterocycles. The molecule has 2 aliphatic carbocycles. The molecular formula is C104H116B2ClF2IN10O16. The molecule has 12 aromatic rings. The van der Waals surface area contributed by atoms with E-state index in [1.54, 1.807) is 58.1 Å². The molecule has 18 rings (SSSR count). The Bertz CT molecular complexity index is 6190. The lowest BCUT2D eigenvalue weighted by molar-refractivity contribution is -0.142. The van der Waals surface area contributed by atoms with Crippen LogP contribution in [-0.2, 0) is 50.5 Å². The average molecular weight is 1980 g/mol. The highest BCUT2D eigenvalue weighted by Crippen LogP contribution is 2.48. The zero-order valence-corrected chi connectivity index (χ0v) is 83.8. The number of carbonyl (C=O) groups is 2. The topological polar surface area (TPSA) is 319 Å². The Hall–Kier alpha value is -12.1. The highest BCUT2D eigenvalue weighted by molar-refractivity contribution is 14.1. The minimum Gasteiger partial charge on any atom is -0.492 e. The number of fused-ring (bicyclic) bond motifs is 4. The van der Waals surface area contributed by atoms with E-state index in [9.17, 15) is 9.59 Å². The summed E-state index contributed by atoms with van der Waals surface area (Å²) in [5, 5.41) is 0.391. The molecule has 6 aliphatic rings. The van der Waals surface area contributed by atoms with Crippen molar-refractivity contribution in [3.8, 4) is 91.9 Å².